The fraction of sp³-hybridized carbons (Fsp3) is 0.474. The molecule has 0 aliphatic carbocycles. The van der Waals surface area contributed by atoms with Crippen molar-refractivity contribution in [3.8, 4) is 0 Å². The van der Waals surface area contributed by atoms with E-state index in [1.807, 2.05) is 24.4 Å². The van der Waals surface area contributed by atoms with E-state index in [9.17, 15) is 9.59 Å². The van der Waals surface area contributed by atoms with Gasteiger partial charge in [-0.3, -0.25) is 14.5 Å². The molecular weight excluding hydrogens is 334 g/mol. The van der Waals surface area contributed by atoms with Gasteiger partial charge in [0.2, 0.25) is 5.91 Å². The maximum absolute atomic E-state index is 12.1. The number of carbonyl (C=O) groups is 1. The Balaban J connectivity index is 1.90. The molecule has 0 radical (unpaired) electrons. The van der Waals surface area contributed by atoms with Gasteiger partial charge in [0.1, 0.15) is 0 Å². The summed E-state index contributed by atoms with van der Waals surface area (Å²) in [5.74, 6) is -0.0323. The highest BCUT2D eigenvalue weighted by Crippen LogP contribution is 2.12. The number of thiazole rings is 1. The molecule has 1 N–H and O–H groups in total. The van der Waals surface area contributed by atoms with Crippen molar-refractivity contribution in [1.82, 2.24) is 14.8 Å². The third-order valence-corrected chi connectivity index (χ3v) is 5.30. The van der Waals surface area contributed by atoms with Gasteiger partial charge in [-0.2, -0.15) is 0 Å². The van der Waals surface area contributed by atoms with Crippen LogP contribution in [0.5, 0.6) is 0 Å². The van der Waals surface area contributed by atoms with Crippen LogP contribution in [-0.2, 0) is 24.4 Å². The minimum absolute atomic E-state index is 0.00475. The van der Waals surface area contributed by atoms with E-state index in [1.165, 1.54) is 16.9 Å². The minimum Gasteiger partial charge on any atom is -0.352 e. The predicted octanol–water partition coefficient (Wildman–Crippen LogP) is 2.77. The summed E-state index contributed by atoms with van der Waals surface area (Å²) in [6.45, 7) is 10.1. The molecule has 0 aliphatic heterocycles. The molecule has 2 aromatic rings. The van der Waals surface area contributed by atoms with Crippen molar-refractivity contribution in [3.05, 3.63) is 56.1 Å². The van der Waals surface area contributed by atoms with Crippen LogP contribution in [-0.4, -0.2) is 28.5 Å². The van der Waals surface area contributed by atoms with Crippen LogP contribution in [0.2, 0.25) is 0 Å². The molecule has 6 heteroatoms. The average Bonchev–Trinajstić information content (AvgIpc) is 2.94. The zero-order valence-electron chi connectivity index (χ0n) is 15.2. The Morgan fingerprint density at radius 3 is 2.48 bits per heavy atom. The molecule has 0 fully saturated rings. The van der Waals surface area contributed by atoms with Gasteiger partial charge in [-0.1, -0.05) is 49.4 Å². The number of aromatic nitrogens is 1. The summed E-state index contributed by atoms with van der Waals surface area (Å²) < 4.78 is 1.65. The Kier molecular flexibility index (Phi) is 7.40. The molecule has 1 aromatic carbocycles. The third kappa shape index (κ3) is 5.54. The molecule has 25 heavy (non-hydrogen) atoms. The molecule has 0 spiro atoms. The van der Waals surface area contributed by atoms with Crippen molar-refractivity contribution in [2.24, 2.45) is 0 Å². The lowest BCUT2D eigenvalue weighted by Crippen LogP contribution is -2.27. The highest BCUT2D eigenvalue weighted by atomic mass is 32.1. The normalized spacial score (nSPS) is 11.0. The van der Waals surface area contributed by atoms with Gasteiger partial charge in [0.15, 0.2) is 0 Å². The van der Waals surface area contributed by atoms with Crippen molar-refractivity contribution >= 4 is 17.2 Å². The quantitative estimate of drug-likeness (QED) is 0.747. The lowest BCUT2D eigenvalue weighted by atomic mass is 10.1. The van der Waals surface area contributed by atoms with Crippen molar-refractivity contribution < 1.29 is 4.79 Å². The van der Waals surface area contributed by atoms with Gasteiger partial charge < -0.3 is 9.88 Å². The van der Waals surface area contributed by atoms with Crippen LogP contribution in [0.3, 0.4) is 0 Å². The van der Waals surface area contributed by atoms with Crippen LogP contribution in [0, 0.1) is 6.92 Å². The summed E-state index contributed by atoms with van der Waals surface area (Å²) in [6, 6.07) is 8.22. The van der Waals surface area contributed by atoms with Crippen LogP contribution in [0.15, 0.2) is 34.4 Å². The van der Waals surface area contributed by atoms with E-state index in [0.717, 1.165) is 30.9 Å². The summed E-state index contributed by atoms with van der Waals surface area (Å²) in [7, 11) is 0. The molecule has 1 heterocycles. The third-order valence-electron chi connectivity index (χ3n) is 4.42. The standard InChI is InChI=1S/C19H27N3O2S/c1-4-21(5-2)13-17-9-7-6-8-16(17)12-20-18(23)10-11-22-15(3)14-25-19(22)24/h6-9,14H,4-5,10-13H2,1-3H3,(H,20,23). The number of rotatable bonds is 9. The van der Waals surface area contributed by atoms with E-state index in [2.05, 4.69) is 36.2 Å². The Labute approximate surface area is 153 Å². The second-order valence-electron chi connectivity index (χ2n) is 6.05. The van der Waals surface area contributed by atoms with Crippen molar-refractivity contribution in [3.63, 3.8) is 0 Å². The minimum atomic E-state index is -0.0323. The van der Waals surface area contributed by atoms with Crippen molar-refractivity contribution in [1.29, 1.82) is 0 Å². The lowest BCUT2D eigenvalue weighted by molar-refractivity contribution is -0.121. The lowest BCUT2D eigenvalue weighted by Gasteiger charge is -2.20. The van der Waals surface area contributed by atoms with Crippen molar-refractivity contribution in [2.75, 3.05) is 13.1 Å². The molecule has 2 rings (SSSR count). The number of nitrogens with one attached hydrogen (secondary N) is 1. The van der Waals surface area contributed by atoms with E-state index < -0.39 is 0 Å². The molecule has 0 aliphatic rings. The Hall–Kier alpha value is -1.92. The molecule has 1 aromatic heterocycles. The Bertz CT molecular complexity index is 747. The Morgan fingerprint density at radius 1 is 1.20 bits per heavy atom. The van der Waals surface area contributed by atoms with Crippen LogP contribution >= 0.6 is 11.3 Å². The first-order valence-corrected chi connectivity index (χ1v) is 9.63. The largest absolute Gasteiger partial charge is 0.352 e. The maximum Gasteiger partial charge on any atom is 0.307 e. The summed E-state index contributed by atoms with van der Waals surface area (Å²) >= 11 is 1.18. The number of benzene rings is 1. The van der Waals surface area contributed by atoms with Crippen molar-refractivity contribution in [2.45, 2.75) is 46.8 Å². The fourth-order valence-electron chi connectivity index (χ4n) is 2.74. The second kappa shape index (κ2) is 9.53. The Morgan fingerprint density at radius 2 is 1.88 bits per heavy atom. The van der Waals surface area contributed by atoms with Gasteiger partial charge in [0.25, 0.3) is 0 Å². The number of nitrogens with zero attached hydrogens (tertiary/aromatic N) is 2. The number of hydrogen-bond donors (Lipinski definition) is 1. The highest BCUT2D eigenvalue weighted by Gasteiger charge is 2.09. The molecule has 0 atom stereocenters. The van der Waals surface area contributed by atoms with Gasteiger partial charge in [0.05, 0.1) is 0 Å². The topological polar surface area (TPSA) is 54.3 Å². The molecular formula is C19H27N3O2S. The first kappa shape index (κ1) is 19.4. The predicted molar refractivity (Wildman–Crippen MR) is 103 cm³/mol. The van der Waals surface area contributed by atoms with Gasteiger partial charge in [0, 0.05) is 37.1 Å². The van der Waals surface area contributed by atoms with E-state index in [1.54, 1.807) is 4.57 Å². The van der Waals surface area contributed by atoms with Gasteiger partial charge >= 0.3 is 4.87 Å². The highest BCUT2D eigenvalue weighted by molar-refractivity contribution is 7.07. The molecule has 0 saturated carbocycles. The number of hydrogen-bond acceptors (Lipinski definition) is 4. The first-order valence-electron chi connectivity index (χ1n) is 8.75. The molecule has 0 unspecified atom stereocenters. The zero-order valence-corrected chi connectivity index (χ0v) is 16.1. The number of aryl methyl sites for hydroxylation is 1. The molecule has 136 valence electrons. The van der Waals surface area contributed by atoms with Crippen LogP contribution in [0.1, 0.15) is 37.1 Å². The van der Waals surface area contributed by atoms with E-state index in [0.29, 0.717) is 19.5 Å². The first-order chi connectivity index (χ1) is 12.0. The summed E-state index contributed by atoms with van der Waals surface area (Å²) in [4.78, 5) is 26.2. The second-order valence-corrected chi connectivity index (χ2v) is 6.87. The van der Waals surface area contributed by atoms with E-state index >= 15 is 0 Å². The van der Waals surface area contributed by atoms with Gasteiger partial charge in [-0.25, -0.2) is 0 Å². The fourth-order valence-corrected chi connectivity index (χ4v) is 3.50. The smallest absolute Gasteiger partial charge is 0.307 e. The number of carbonyl (C=O) groups excluding carboxylic acids is 1. The molecule has 5 nitrogen and oxygen atoms in total. The van der Waals surface area contributed by atoms with Crippen LogP contribution in [0.4, 0.5) is 0 Å². The van der Waals surface area contributed by atoms with E-state index in [-0.39, 0.29) is 10.8 Å². The summed E-state index contributed by atoms with van der Waals surface area (Å²) in [5.41, 5.74) is 3.30. The average molecular weight is 362 g/mol. The SMILES string of the molecule is CCN(CC)Cc1ccccc1CNC(=O)CCn1c(C)csc1=O. The zero-order chi connectivity index (χ0) is 18.2. The van der Waals surface area contributed by atoms with Crippen LogP contribution < -0.4 is 10.2 Å². The molecule has 0 bridgehead atoms. The molecule has 1 amide bonds. The van der Waals surface area contributed by atoms with Gasteiger partial charge in [-0.15, -0.1) is 0 Å². The van der Waals surface area contributed by atoms with Crippen LogP contribution in [0.25, 0.3) is 0 Å². The van der Waals surface area contributed by atoms with E-state index in [4.69, 9.17) is 0 Å². The number of amides is 1. The summed E-state index contributed by atoms with van der Waals surface area (Å²) in [5, 5.41) is 4.80. The van der Waals surface area contributed by atoms with Gasteiger partial charge in [-0.05, 0) is 31.1 Å². The molecule has 0 saturated heterocycles. The maximum atomic E-state index is 12.1. The summed E-state index contributed by atoms with van der Waals surface area (Å²) in [6.07, 6.45) is 0.315. The monoisotopic (exact) mass is 361 g/mol.